The summed E-state index contributed by atoms with van der Waals surface area (Å²) < 4.78 is 5.03. The van der Waals surface area contributed by atoms with E-state index in [1.54, 1.807) is 0 Å². The molecule has 2 aliphatic carbocycles. The minimum Gasteiger partial charge on any atom is -0.463 e. The van der Waals surface area contributed by atoms with E-state index in [0.717, 1.165) is 19.3 Å². The second-order valence-electron chi connectivity index (χ2n) is 6.17. The summed E-state index contributed by atoms with van der Waals surface area (Å²) in [5, 5.41) is 10.2. The smallest absolute Gasteiger partial charge is 0.333 e. The standard InChI is InChI=1S/C16H26O3/c1-4-19-16(18)11(3)9-12-6-5-10(2)13-7-8-14(17)15(12)13/h9-10,12-15,17H,4-8H2,1-3H3/t10-,12+,13-,14+,15-/m1/s1. The number of fused-ring (bicyclic) bond motifs is 1. The summed E-state index contributed by atoms with van der Waals surface area (Å²) in [4.78, 5) is 11.7. The van der Waals surface area contributed by atoms with Crippen LogP contribution >= 0.6 is 0 Å². The third-order valence-corrected chi connectivity index (χ3v) is 4.98. The molecule has 3 heteroatoms. The first-order valence-electron chi connectivity index (χ1n) is 7.58. The number of aliphatic hydroxyl groups is 1. The van der Waals surface area contributed by atoms with Crippen molar-refractivity contribution in [2.75, 3.05) is 6.61 Å². The van der Waals surface area contributed by atoms with Crippen LogP contribution in [-0.4, -0.2) is 23.8 Å². The number of allylic oxidation sites excluding steroid dienone is 1. The van der Waals surface area contributed by atoms with Gasteiger partial charge in [-0.3, -0.25) is 0 Å². The fourth-order valence-electron chi connectivity index (χ4n) is 3.99. The van der Waals surface area contributed by atoms with E-state index in [4.69, 9.17) is 4.74 Å². The number of rotatable bonds is 3. The lowest BCUT2D eigenvalue weighted by molar-refractivity contribution is -0.138. The second-order valence-corrected chi connectivity index (χ2v) is 6.17. The zero-order chi connectivity index (χ0) is 14.0. The maximum Gasteiger partial charge on any atom is 0.333 e. The third kappa shape index (κ3) is 3.02. The van der Waals surface area contributed by atoms with Crippen LogP contribution in [0.4, 0.5) is 0 Å². The number of aliphatic hydroxyl groups excluding tert-OH is 1. The molecular weight excluding hydrogens is 240 g/mol. The molecule has 2 aliphatic rings. The topological polar surface area (TPSA) is 46.5 Å². The average molecular weight is 266 g/mol. The molecule has 0 amide bonds. The molecule has 0 spiro atoms. The minimum absolute atomic E-state index is 0.191. The largest absolute Gasteiger partial charge is 0.463 e. The Hall–Kier alpha value is -0.830. The zero-order valence-electron chi connectivity index (χ0n) is 12.3. The molecule has 2 rings (SSSR count). The van der Waals surface area contributed by atoms with Crippen molar-refractivity contribution in [1.29, 1.82) is 0 Å². The molecule has 5 atom stereocenters. The normalized spacial score (nSPS) is 38.9. The van der Waals surface area contributed by atoms with E-state index in [-0.39, 0.29) is 12.1 Å². The molecule has 0 radical (unpaired) electrons. The first kappa shape index (κ1) is 14.6. The summed E-state index contributed by atoms with van der Waals surface area (Å²) in [5.41, 5.74) is 0.694. The molecule has 19 heavy (non-hydrogen) atoms. The molecule has 0 aromatic heterocycles. The van der Waals surface area contributed by atoms with Crippen molar-refractivity contribution in [3.05, 3.63) is 11.6 Å². The fourth-order valence-corrected chi connectivity index (χ4v) is 3.99. The van der Waals surface area contributed by atoms with E-state index in [1.165, 1.54) is 6.42 Å². The lowest BCUT2D eigenvalue weighted by atomic mass is 9.68. The highest BCUT2D eigenvalue weighted by Gasteiger charge is 2.44. The van der Waals surface area contributed by atoms with Crippen molar-refractivity contribution in [2.24, 2.45) is 23.7 Å². The Morgan fingerprint density at radius 3 is 2.74 bits per heavy atom. The second kappa shape index (κ2) is 6.08. The Morgan fingerprint density at radius 2 is 2.05 bits per heavy atom. The van der Waals surface area contributed by atoms with Gasteiger partial charge in [0.2, 0.25) is 0 Å². The van der Waals surface area contributed by atoms with E-state index in [2.05, 4.69) is 13.0 Å². The number of hydrogen-bond acceptors (Lipinski definition) is 3. The summed E-state index contributed by atoms with van der Waals surface area (Å²) >= 11 is 0. The van der Waals surface area contributed by atoms with Gasteiger partial charge in [0, 0.05) is 5.57 Å². The van der Waals surface area contributed by atoms with Crippen LogP contribution in [-0.2, 0) is 9.53 Å². The SMILES string of the molecule is CCOC(=O)C(C)=C[C@@H]1CC[C@@H](C)[C@H]2CC[C@H](O)[C@@H]21. The average Bonchev–Trinajstić information content (AvgIpc) is 2.76. The highest BCUT2D eigenvalue weighted by molar-refractivity contribution is 5.87. The van der Waals surface area contributed by atoms with Crippen LogP contribution in [0.25, 0.3) is 0 Å². The van der Waals surface area contributed by atoms with Gasteiger partial charge in [-0.15, -0.1) is 0 Å². The molecule has 0 saturated heterocycles. The lowest BCUT2D eigenvalue weighted by Gasteiger charge is -2.38. The molecule has 0 aromatic carbocycles. The molecular formula is C16H26O3. The van der Waals surface area contributed by atoms with E-state index < -0.39 is 0 Å². The fraction of sp³-hybridized carbons (Fsp3) is 0.812. The van der Waals surface area contributed by atoms with E-state index in [9.17, 15) is 9.90 Å². The van der Waals surface area contributed by atoms with Crippen LogP contribution in [0.3, 0.4) is 0 Å². The minimum atomic E-state index is -0.217. The van der Waals surface area contributed by atoms with Gasteiger partial charge in [0.15, 0.2) is 0 Å². The molecule has 0 bridgehead atoms. The monoisotopic (exact) mass is 266 g/mol. The van der Waals surface area contributed by atoms with Crippen molar-refractivity contribution in [2.45, 2.75) is 52.6 Å². The maximum absolute atomic E-state index is 11.7. The van der Waals surface area contributed by atoms with Gasteiger partial charge >= 0.3 is 5.97 Å². The molecule has 0 unspecified atom stereocenters. The zero-order valence-corrected chi connectivity index (χ0v) is 12.3. The van der Waals surface area contributed by atoms with E-state index in [1.807, 2.05) is 13.8 Å². The van der Waals surface area contributed by atoms with Crippen LogP contribution in [0.15, 0.2) is 11.6 Å². The Kier molecular flexibility index (Phi) is 4.67. The van der Waals surface area contributed by atoms with Gasteiger partial charge in [-0.25, -0.2) is 4.79 Å². The molecule has 2 saturated carbocycles. The first-order valence-corrected chi connectivity index (χ1v) is 7.58. The van der Waals surface area contributed by atoms with Gasteiger partial charge < -0.3 is 9.84 Å². The highest BCUT2D eigenvalue weighted by Crippen LogP contribution is 2.49. The Balaban J connectivity index is 2.11. The van der Waals surface area contributed by atoms with Gasteiger partial charge in [0.05, 0.1) is 12.7 Å². The summed E-state index contributed by atoms with van der Waals surface area (Å²) in [6, 6.07) is 0. The molecule has 0 aromatic rings. The number of esters is 1. The number of carbonyl (C=O) groups excluding carboxylic acids is 1. The van der Waals surface area contributed by atoms with Crippen LogP contribution < -0.4 is 0 Å². The summed E-state index contributed by atoms with van der Waals surface area (Å²) in [7, 11) is 0. The van der Waals surface area contributed by atoms with Crippen molar-refractivity contribution in [1.82, 2.24) is 0 Å². The number of ether oxygens (including phenoxy) is 1. The lowest BCUT2D eigenvalue weighted by Crippen LogP contribution is -2.34. The molecule has 0 heterocycles. The van der Waals surface area contributed by atoms with Gasteiger partial charge in [-0.05, 0) is 63.2 Å². The Labute approximate surface area is 116 Å². The summed E-state index contributed by atoms with van der Waals surface area (Å²) in [6.07, 6.45) is 6.19. The highest BCUT2D eigenvalue weighted by atomic mass is 16.5. The summed E-state index contributed by atoms with van der Waals surface area (Å²) in [6.45, 7) is 6.37. The van der Waals surface area contributed by atoms with Gasteiger partial charge in [-0.2, -0.15) is 0 Å². The third-order valence-electron chi connectivity index (χ3n) is 4.98. The van der Waals surface area contributed by atoms with E-state index >= 15 is 0 Å². The first-order chi connectivity index (χ1) is 9.04. The van der Waals surface area contributed by atoms with Crippen molar-refractivity contribution in [3.8, 4) is 0 Å². The van der Waals surface area contributed by atoms with Crippen molar-refractivity contribution >= 4 is 5.97 Å². The number of carbonyl (C=O) groups is 1. The Morgan fingerprint density at radius 1 is 1.32 bits per heavy atom. The predicted octanol–water partition coefficient (Wildman–Crippen LogP) is 2.93. The van der Waals surface area contributed by atoms with Crippen LogP contribution in [0.2, 0.25) is 0 Å². The van der Waals surface area contributed by atoms with Gasteiger partial charge in [-0.1, -0.05) is 13.0 Å². The molecule has 1 N–H and O–H groups in total. The van der Waals surface area contributed by atoms with Crippen LogP contribution in [0.1, 0.15) is 46.5 Å². The Bertz CT molecular complexity index is 361. The maximum atomic E-state index is 11.7. The van der Waals surface area contributed by atoms with Crippen LogP contribution in [0.5, 0.6) is 0 Å². The van der Waals surface area contributed by atoms with Crippen molar-refractivity contribution < 1.29 is 14.6 Å². The number of hydrogen-bond donors (Lipinski definition) is 1. The van der Waals surface area contributed by atoms with Gasteiger partial charge in [0.1, 0.15) is 0 Å². The van der Waals surface area contributed by atoms with E-state index in [0.29, 0.717) is 35.9 Å². The molecule has 108 valence electrons. The molecule has 2 fully saturated rings. The van der Waals surface area contributed by atoms with Crippen LogP contribution in [0, 0.1) is 23.7 Å². The molecule has 0 aliphatic heterocycles. The quantitative estimate of drug-likeness (QED) is 0.631. The molecule has 3 nitrogen and oxygen atoms in total. The summed E-state index contributed by atoms with van der Waals surface area (Å²) in [5.74, 6) is 1.79. The van der Waals surface area contributed by atoms with Crippen molar-refractivity contribution in [3.63, 3.8) is 0 Å². The predicted molar refractivity (Wildman–Crippen MR) is 74.5 cm³/mol. The van der Waals surface area contributed by atoms with Gasteiger partial charge in [0.25, 0.3) is 0 Å².